The van der Waals surface area contributed by atoms with Gasteiger partial charge in [-0.2, -0.15) is 0 Å². The summed E-state index contributed by atoms with van der Waals surface area (Å²) in [7, 11) is 1.62. The number of esters is 1. The number of ether oxygens (including phenoxy) is 2. The highest BCUT2D eigenvalue weighted by Gasteiger charge is 2.31. The van der Waals surface area contributed by atoms with E-state index in [2.05, 4.69) is 6.07 Å². The number of amides is 1. The molecule has 2 aromatic rings. The summed E-state index contributed by atoms with van der Waals surface area (Å²) in [6.45, 7) is 0.984. The van der Waals surface area contributed by atoms with Crippen LogP contribution in [-0.2, 0) is 20.9 Å². The lowest BCUT2D eigenvalue weighted by Gasteiger charge is -2.23. The zero-order chi connectivity index (χ0) is 17.6. The summed E-state index contributed by atoms with van der Waals surface area (Å²) >= 11 is 1.66. The fourth-order valence-corrected chi connectivity index (χ4v) is 3.91. The third-order valence-corrected chi connectivity index (χ3v) is 5.25. The van der Waals surface area contributed by atoms with Crippen molar-refractivity contribution in [2.45, 2.75) is 25.5 Å². The Bertz CT molecular complexity index is 712. The lowest BCUT2D eigenvalue weighted by Crippen LogP contribution is -2.34. The Labute approximate surface area is 151 Å². The summed E-state index contributed by atoms with van der Waals surface area (Å²) in [4.78, 5) is 27.6. The van der Waals surface area contributed by atoms with Crippen molar-refractivity contribution in [2.24, 2.45) is 0 Å². The van der Waals surface area contributed by atoms with Gasteiger partial charge in [0, 0.05) is 18.5 Å². The molecule has 0 aliphatic carbocycles. The van der Waals surface area contributed by atoms with Gasteiger partial charge in [-0.1, -0.05) is 18.2 Å². The minimum Gasteiger partial charge on any atom is -0.452 e. The molecule has 1 atom stereocenters. The van der Waals surface area contributed by atoms with Gasteiger partial charge in [0.15, 0.2) is 6.61 Å². The highest BCUT2D eigenvalue weighted by atomic mass is 32.1. The van der Waals surface area contributed by atoms with Gasteiger partial charge in [0.25, 0.3) is 5.91 Å². The van der Waals surface area contributed by atoms with E-state index in [1.54, 1.807) is 30.6 Å². The number of likely N-dealkylation sites (tertiary alicyclic amines) is 1. The van der Waals surface area contributed by atoms with Crippen LogP contribution in [0.1, 0.15) is 39.7 Å². The molecular weight excluding hydrogens is 338 g/mol. The Kier molecular flexibility index (Phi) is 5.83. The minimum absolute atomic E-state index is 0.111. The number of hydrogen-bond donors (Lipinski definition) is 0. The molecular formula is C19H21NO4S. The summed E-state index contributed by atoms with van der Waals surface area (Å²) in [5, 5.41) is 2.02. The van der Waals surface area contributed by atoms with Crippen molar-refractivity contribution < 1.29 is 19.1 Å². The van der Waals surface area contributed by atoms with Crippen LogP contribution >= 0.6 is 11.3 Å². The Morgan fingerprint density at radius 2 is 2.04 bits per heavy atom. The van der Waals surface area contributed by atoms with Crippen molar-refractivity contribution in [2.75, 3.05) is 20.3 Å². The third-order valence-electron chi connectivity index (χ3n) is 4.27. The molecule has 1 aliphatic rings. The predicted molar refractivity (Wildman–Crippen MR) is 95.4 cm³/mol. The molecule has 3 rings (SSSR count). The lowest BCUT2D eigenvalue weighted by molar-refractivity contribution is -0.135. The van der Waals surface area contributed by atoms with Crippen LogP contribution in [0.2, 0.25) is 0 Å². The average Bonchev–Trinajstić information content (AvgIpc) is 3.31. The van der Waals surface area contributed by atoms with Crippen molar-refractivity contribution >= 4 is 23.2 Å². The van der Waals surface area contributed by atoms with Crippen LogP contribution in [0.15, 0.2) is 41.8 Å². The van der Waals surface area contributed by atoms with E-state index in [4.69, 9.17) is 9.47 Å². The molecule has 1 aromatic heterocycles. The molecule has 2 heterocycles. The van der Waals surface area contributed by atoms with E-state index in [0.29, 0.717) is 18.7 Å². The van der Waals surface area contributed by atoms with Gasteiger partial charge < -0.3 is 14.4 Å². The first-order valence-electron chi connectivity index (χ1n) is 8.27. The molecule has 1 fully saturated rings. The molecule has 1 aromatic carbocycles. The fourth-order valence-electron chi connectivity index (χ4n) is 3.04. The van der Waals surface area contributed by atoms with Crippen LogP contribution in [0, 0.1) is 0 Å². The number of benzene rings is 1. The molecule has 1 amide bonds. The molecule has 1 aliphatic heterocycles. The molecule has 1 saturated heterocycles. The number of rotatable bonds is 6. The first-order valence-corrected chi connectivity index (χ1v) is 9.15. The molecule has 0 saturated carbocycles. The monoisotopic (exact) mass is 359 g/mol. The SMILES string of the molecule is COCc1ccc(C(=O)OCC(=O)N2CCC[C@H]2c2cccs2)cc1. The highest BCUT2D eigenvalue weighted by Crippen LogP contribution is 2.34. The van der Waals surface area contributed by atoms with Gasteiger partial charge in [0.2, 0.25) is 0 Å². The standard InChI is InChI=1S/C19H21NO4S/c1-23-12-14-6-8-15(9-7-14)19(22)24-13-18(21)20-10-2-4-16(20)17-5-3-11-25-17/h3,5-9,11,16H,2,4,10,12-13H2,1H3/t16-/m0/s1. The molecule has 25 heavy (non-hydrogen) atoms. The Balaban J connectivity index is 1.55. The molecule has 5 nitrogen and oxygen atoms in total. The molecule has 0 N–H and O–H groups in total. The van der Waals surface area contributed by atoms with Crippen LogP contribution in [0.25, 0.3) is 0 Å². The lowest BCUT2D eigenvalue weighted by atomic mass is 10.1. The van der Waals surface area contributed by atoms with E-state index in [9.17, 15) is 9.59 Å². The van der Waals surface area contributed by atoms with E-state index in [-0.39, 0.29) is 18.6 Å². The van der Waals surface area contributed by atoms with E-state index in [1.807, 2.05) is 28.5 Å². The second kappa shape index (κ2) is 8.27. The number of nitrogens with zero attached hydrogens (tertiary/aromatic N) is 1. The van der Waals surface area contributed by atoms with Crippen LogP contribution in [-0.4, -0.2) is 37.0 Å². The van der Waals surface area contributed by atoms with E-state index in [0.717, 1.165) is 18.4 Å². The van der Waals surface area contributed by atoms with Crippen molar-refractivity contribution in [3.05, 3.63) is 57.8 Å². The maximum absolute atomic E-state index is 12.5. The number of thiophene rings is 1. The first kappa shape index (κ1) is 17.6. The third kappa shape index (κ3) is 4.27. The topological polar surface area (TPSA) is 55.8 Å². The van der Waals surface area contributed by atoms with E-state index in [1.165, 1.54) is 4.88 Å². The van der Waals surface area contributed by atoms with Crippen LogP contribution in [0.3, 0.4) is 0 Å². The van der Waals surface area contributed by atoms with E-state index < -0.39 is 5.97 Å². The quantitative estimate of drug-likeness (QED) is 0.742. The zero-order valence-electron chi connectivity index (χ0n) is 14.1. The number of carbonyl (C=O) groups is 2. The summed E-state index contributed by atoms with van der Waals surface area (Å²) in [6.07, 6.45) is 1.93. The second-order valence-electron chi connectivity index (χ2n) is 5.97. The summed E-state index contributed by atoms with van der Waals surface area (Å²) in [5.74, 6) is -0.621. The van der Waals surface area contributed by atoms with Crippen molar-refractivity contribution in [1.82, 2.24) is 4.90 Å². The first-order chi connectivity index (χ1) is 12.2. The van der Waals surface area contributed by atoms with Crippen molar-refractivity contribution in [3.8, 4) is 0 Å². The van der Waals surface area contributed by atoms with Gasteiger partial charge >= 0.3 is 5.97 Å². The van der Waals surface area contributed by atoms with Crippen LogP contribution in [0.5, 0.6) is 0 Å². The predicted octanol–water partition coefficient (Wildman–Crippen LogP) is 3.42. The minimum atomic E-state index is -0.482. The summed E-state index contributed by atoms with van der Waals surface area (Å²) in [6, 6.07) is 11.2. The number of hydrogen-bond acceptors (Lipinski definition) is 5. The normalized spacial score (nSPS) is 16.8. The van der Waals surface area contributed by atoms with Gasteiger partial charge in [-0.15, -0.1) is 11.3 Å². The molecule has 6 heteroatoms. The zero-order valence-corrected chi connectivity index (χ0v) is 15.0. The summed E-state index contributed by atoms with van der Waals surface area (Å²) in [5.41, 5.74) is 1.41. The molecule has 0 spiro atoms. The van der Waals surface area contributed by atoms with Gasteiger partial charge in [-0.05, 0) is 42.0 Å². The van der Waals surface area contributed by atoms with Gasteiger partial charge in [-0.3, -0.25) is 4.79 Å². The van der Waals surface area contributed by atoms with Crippen LogP contribution in [0.4, 0.5) is 0 Å². The van der Waals surface area contributed by atoms with Gasteiger partial charge in [-0.25, -0.2) is 4.79 Å². The van der Waals surface area contributed by atoms with Crippen molar-refractivity contribution in [1.29, 1.82) is 0 Å². The fraction of sp³-hybridized carbons (Fsp3) is 0.368. The Morgan fingerprint density at radius 1 is 1.24 bits per heavy atom. The molecule has 132 valence electrons. The van der Waals surface area contributed by atoms with E-state index >= 15 is 0 Å². The van der Waals surface area contributed by atoms with Crippen molar-refractivity contribution in [3.63, 3.8) is 0 Å². The second-order valence-corrected chi connectivity index (χ2v) is 6.95. The molecule has 0 bridgehead atoms. The largest absolute Gasteiger partial charge is 0.452 e. The smallest absolute Gasteiger partial charge is 0.338 e. The Morgan fingerprint density at radius 3 is 2.72 bits per heavy atom. The van der Waals surface area contributed by atoms with Gasteiger partial charge in [0.1, 0.15) is 0 Å². The number of carbonyl (C=O) groups excluding carboxylic acids is 2. The highest BCUT2D eigenvalue weighted by molar-refractivity contribution is 7.10. The van der Waals surface area contributed by atoms with Gasteiger partial charge in [0.05, 0.1) is 18.2 Å². The average molecular weight is 359 g/mol. The maximum atomic E-state index is 12.5. The molecule has 0 unspecified atom stereocenters. The molecule has 0 radical (unpaired) electrons. The maximum Gasteiger partial charge on any atom is 0.338 e. The van der Waals surface area contributed by atoms with Crippen LogP contribution < -0.4 is 0 Å². The summed E-state index contributed by atoms with van der Waals surface area (Å²) < 4.78 is 10.2. The number of methoxy groups -OCH3 is 1. The Hall–Kier alpha value is -2.18.